The van der Waals surface area contributed by atoms with Gasteiger partial charge in [-0.05, 0) is 24.1 Å². The highest BCUT2D eigenvalue weighted by molar-refractivity contribution is 5.48. The van der Waals surface area contributed by atoms with E-state index >= 15 is 0 Å². The molecule has 1 aromatic carbocycles. The number of halogens is 1. The van der Waals surface area contributed by atoms with Crippen LogP contribution in [0.1, 0.15) is 17.2 Å². The second-order valence-corrected chi connectivity index (χ2v) is 3.03. The Bertz CT molecular complexity index is 328. The first-order valence-corrected chi connectivity index (χ1v) is 4.25. The highest BCUT2D eigenvalue weighted by Gasteiger charge is 2.10. The van der Waals surface area contributed by atoms with Gasteiger partial charge in [0.2, 0.25) is 6.41 Å². The average molecular weight is 197 g/mol. The Morgan fingerprint density at radius 1 is 1.64 bits per heavy atom. The van der Waals surface area contributed by atoms with Gasteiger partial charge < -0.3 is 10.4 Å². The minimum atomic E-state index is -0.539. The van der Waals surface area contributed by atoms with Gasteiger partial charge in [0.1, 0.15) is 5.82 Å². The van der Waals surface area contributed by atoms with Crippen LogP contribution >= 0.6 is 0 Å². The summed E-state index contributed by atoms with van der Waals surface area (Å²) in [6.07, 6.45) is 0.485. The number of rotatable bonds is 4. The summed E-state index contributed by atoms with van der Waals surface area (Å²) in [6, 6.07) is 4.06. The molecule has 2 N–H and O–H groups in total. The third-order valence-corrected chi connectivity index (χ3v) is 2.05. The molecule has 1 rings (SSSR count). The fourth-order valence-corrected chi connectivity index (χ4v) is 1.16. The summed E-state index contributed by atoms with van der Waals surface area (Å²) < 4.78 is 13.1. The van der Waals surface area contributed by atoms with E-state index in [1.807, 2.05) is 0 Å². The maximum atomic E-state index is 13.1. The highest BCUT2D eigenvalue weighted by atomic mass is 19.1. The number of benzene rings is 1. The second kappa shape index (κ2) is 4.72. The Kier molecular flexibility index (Phi) is 3.59. The molecular weight excluding hydrogens is 185 g/mol. The van der Waals surface area contributed by atoms with Gasteiger partial charge in [-0.1, -0.05) is 12.1 Å². The van der Waals surface area contributed by atoms with Crippen molar-refractivity contribution < 1.29 is 14.3 Å². The number of hydrogen-bond donors (Lipinski definition) is 2. The van der Waals surface area contributed by atoms with Crippen molar-refractivity contribution in [2.24, 2.45) is 0 Å². The van der Waals surface area contributed by atoms with E-state index < -0.39 is 6.04 Å². The standard InChI is InChI=1S/C10H12FNO2/c1-7-2-3-8(4-9(7)11)10(5-13)12-6-14/h2-4,6,10,13H,5H2,1H3,(H,12,14). The molecule has 0 saturated carbocycles. The molecule has 0 aliphatic heterocycles. The van der Waals surface area contributed by atoms with Crippen LogP contribution in [0.5, 0.6) is 0 Å². The van der Waals surface area contributed by atoms with Crippen molar-refractivity contribution in [2.45, 2.75) is 13.0 Å². The van der Waals surface area contributed by atoms with E-state index in [4.69, 9.17) is 5.11 Å². The Hall–Kier alpha value is -1.42. The zero-order valence-electron chi connectivity index (χ0n) is 7.83. The molecule has 0 heterocycles. The first-order valence-electron chi connectivity index (χ1n) is 4.25. The van der Waals surface area contributed by atoms with Gasteiger partial charge in [-0.3, -0.25) is 4.79 Å². The molecule has 0 fully saturated rings. The van der Waals surface area contributed by atoms with Crippen LogP contribution in [-0.4, -0.2) is 18.1 Å². The van der Waals surface area contributed by atoms with E-state index in [2.05, 4.69) is 5.32 Å². The lowest BCUT2D eigenvalue weighted by atomic mass is 10.1. The molecule has 0 spiro atoms. The molecule has 1 amide bonds. The smallest absolute Gasteiger partial charge is 0.207 e. The van der Waals surface area contributed by atoms with Gasteiger partial charge in [0, 0.05) is 0 Å². The van der Waals surface area contributed by atoms with E-state index in [0.29, 0.717) is 17.5 Å². The predicted octanol–water partition coefficient (Wildman–Crippen LogP) is 0.914. The van der Waals surface area contributed by atoms with Crippen molar-refractivity contribution >= 4 is 6.41 Å². The van der Waals surface area contributed by atoms with Crippen molar-refractivity contribution in [3.05, 3.63) is 35.1 Å². The van der Waals surface area contributed by atoms with Crippen molar-refractivity contribution in [1.29, 1.82) is 0 Å². The van der Waals surface area contributed by atoms with Crippen LogP contribution in [0, 0.1) is 12.7 Å². The van der Waals surface area contributed by atoms with E-state index in [-0.39, 0.29) is 12.4 Å². The van der Waals surface area contributed by atoms with Crippen molar-refractivity contribution in [1.82, 2.24) is 5.32 Å². The summed E-state index contributed by atoms with van der Waals surface area (Å²) in [4.78, 5) is 10.2. The summed E-state index contributed by atoms with van der Waals surface area (Å²) in [6.45, 7) is 1.40. The van der Waals surface area contributed by atoms with Crippen LogP contribution in [0.15, 0.2) is 18.2 Å². The maximum Gasteiger partial charge on any atom is 0.207 e. The molecule has 0 saturated heterocycles. The largest absolute Gasteiger partial charge is 0.394 e. The lowest BCUT2D eigenvalue weighted by Crippen LogP contribution is -2.22. The lowest BCUT2D eigenvalue weighted by molar-refractivity contribution is -0.110. The summed E-state index contributed by atoms with van der Waals surface area (Å²) in [5.41, 5.74) is 1.10. The summed E-state index contributed by atoms with van der Waals surface area (Å²) >= 11 is 0. The van der Waals surface area contributed by atoms with Crippen LogP contribution < -0.4 is 5.32 Å². The van der Waals surface area contributed by atoms with Gasteiger partial charge in [0.25, 0.3) is 0 Å². The molecule has 1 aromatic rings. The SMILES string of the molecule is Cc1ccc(C(CO)NC=O)cc1F. The van der Waals surface area contributed by atoms with Crippen LogP contribution in [0.25, 0.3) is 0 Å². The normalized spacial score (nSPS) is 12.2. The topological polar surface area (TPSA) is 49.3 Å². The van der Waals surface area contributed by atoms with E-state index in [1.165, 1.54) is 6.07 Å². The third kappa shape index (κ3) is 2.29. The molecule has 1 unspecified atom stereocenters. The monoisotopic (exact) mass is 197 g/mol. The molecule has 0 aliphatic rings. The number of amides is 1. The van der Waals surface area contributed by atoms with Gasteiger partial charge in [-0.2, -0.15) is 0 Å². The zero-order chi connectivity index (χ0) is 10.6. The van der Waals surface area contributed by atoms with Crippen LogP contribution in [-0.2, 0) is 4.79 Å². The summed E-state index contributed by atoms with van der Waals surface area (Å²) in [5, 5.41) is 11.3. The van der Waals surface area contributed by atoms with Gasteiger partial charge in [-0.15, -0.1) is 0 Å². The number of nitrogens with one attached hydrogen (secondary N) is 1. The number of hydrogen-bond acceptors (Lipinski definition) is 2. The molecule has 0 aliphatic carbocycles. The number of carbonyl (C=O) groups is 1. The van der Waals surface area contributed by atoms with Gasteiger partial charge in [0.15, 0.2) is 0 Å². The Morgan fingerprint density at radius 3 is 2.86 bits per heavy atom. The first kappa shape index (κ1) is 10.7. The number of aryl methyl sites for hydroxylation is 1. The minimum Gasteiger partial charge on any atom is -0.394 e. The zero-order valence-corrected chi connectivity index (χ0v) is 7.83. The molecule has 0 aromatic heterocycles. The number of carbonyl (C=O) groups excluding carboxylic acids is 1. The van der Waals surface area contributed by atoms with Crippen molar-refractivity contribution in [3.8, 4) is 0 Å². The Morgan fingerprint density at radius 2 is 2.36 bits per heavy atom. The van der Waals surface area contributed by atoms with Crippen molar-refractivity contribution in [3.63, 3.8) is 0 Å². The highest BCUT2D eigenvalue weighted by Crippen LogP contribution is 2.15. The Labute approximate surface area is 81.6 Å². The number of aliphatic hydroxyl groups excluding tert-OH is 1. The second-order valence-electron chi connectivity index (χ2n) is 3.03. The maximum absolute atomic E-state index is 13.1. The summed E-state index contributed by atoms with van der Waals surface area (Å²) in [5.74, 6) is -0.339. The fraction of sp³-hybridized carbons (Fsp3) is 0.300. The number of aliphatic hydroxyl groups is 1. The average Bonchev–Trinajstić information content (AvgIpc) is 2.19. The molecule has 76 valence electrons. The summed E-state index contributed by atoms with van der Waals surface area (Å²) in [7, 11) is 0. The minimum absolute atomic E-state index is 0.249. The molecule has 4 heteroatoms. The lowest BCUT2D eigenvalue weighted by Gasteiger charge is -2.13. The van der Waals surface area contributed by atoms with Gasteiger partial charge in [0.05, 0.1) is 12.6 Å². The van der Waals surface area contributed by atoms with E-state index in [1.54, 1.807) is 19.1 Å². The molecule has 0 radical (unpaired) electrons. The Balaban J connectivity index is 2.93. The van der Waals surface area contributed by atoms with Crippen LogP contribution in [0.3, 0.4) is 0 Å². The third-order valence-electron chi connectivity index (χ3n) is 2.05. The fourth-order valence-electron chi connectivity index (χ4n) is 1.16. The predicted molar refractivity (Wildman–Crippen MR) is 50.2 cm³/mol. The van der Waals surface area contributed by atoms with E-state index in [0.717, 1.165) is 0 Å². The quantitative estimate of drug-likeness (QED) is 0.705. The first-order chi connectivity index (χ1) is 6.69. The molecule has 1 atom stereocenters. The van der Waals surface area contributed by atoms with Gasteiger partial charge in [-0.25, -0.2) is 4.39 Å². The van der Waals surface area contributed by atoms with E-state index in [9.17, 15) is 9.18 Å². The van der Waals surface area contributed by atoms with Gasteiger partial charge >= 0.3 is 0 Å². The van der Waals surface area contributed by atoms with Crippen LogP contribution in [0.4, 0.5) is 4.39 Å². The molecule has 0 bridgehead atoms. The molecule has 14 heavy (non-hydrogen) atoms. The molecular formula is C10H12FNO2. The van der Waals surface area contributed by atoms with Crippen LogP contribution in [0.2, 0.25) is 0 Å². The van der Waals surface area contributed by atoms with Crippen molar-refractivity contribution in [2.75, 3.05) is 6.61 Å². The molecule has 3 nitrogen and oxygen atoms in total.